The minimum Gasteiger partial charge on any atom is -0.497 e. The first-order valence-electron chi connectivity index (χ1n) is 5.65. The van der Waals surface area contributed by atoms with Gasteiger partial charge in [0.2, 0.25) is 0 Å². The molecule has 17 heavy (non-hydrogen) atoms. The van der Waals surface area contributed by atoms with Gasteiger partial charge in [0.25, 0.3) is 0 Å². The summed E-state index contributed by atoms with van der Waals surface area (Å²) >= 11 is 0. The summed E-state index contributed by atoms with van der Waals surface area (Å²) in [5.41, 5.74) is 6.31. The van der Waals surface area contributed by atoms with Crippen LogP contribution in [-0.4, -0.2) is 26.0 Å². The van der Waals surface area contributed by atoms with E-state index in [-0.39, 0.29) is 5.78 Å². The summed E-state index contributed by atoms with van der Waals surface area (Å²) in [5, 5.41) is 0. The van der Waals surface area contributed by atoms with Gasteiger partial charge in [0.05, 0.1) is 25.8 Å². The summed E-state index contributed by atoms with van der Waals surface area (Å²) in [5.74, 6) is 1.04. The first-order chi connectivity index (χ1) is 8.13. The average Bonchev–Trinajstić information content (AvgIpc) is 2.37. The number of Topliss-reactive ketones (excluding diaryl/α,β-unsaturated/α-hetero) is 1. The highest BCUT2D eigenvalue weighted by Gasteiger charge is 2.19. The quantitative estimate of drug-likeness (QED) is 0.769. The third-order valence-electron chi connectivity index (χ3n) is 2.61. The minimum absolute atomic E-state index is 0.109. The third-order valence-corrected chi connectivity index (χ3v) is 2.61. The molecule has 0 aliphatic carbocycles. The van der Waals surface area contributed by atoms with Gasteiger partial charge < -0.3 is 15.2 Å². The van der Waals surface area contributed by atoms with Crippen molar-refractivity contribution in [3.05, 3.63) is 23.8 Å². The van der Waals surface area contributed by atoms with E-state index in [1.165, 1.54) is 7.11 Å². The van der Waals surface area contributed by atoms with Crippen molar-refractivity contribution in [1.29, 1.82) is 0 Å². The molecule has 0 fully saturated rings. The fourth-order valence-corrected chi connectivity index (χ4v) is 1.65. The molecule has 0 aromatic heterocycles. The Morgan fingerprint density at radius 2 is 2.06 bits per heavy atom. The van der Waals surface area contributed by atoms with E-state index in [2.05, 4.69) is 0 Å². The molecule has 94 valence electrons. The number of carbonyl (C=O) groups excluding carboxylic acids is 1. The van der Waals surface area contributed by atoms with Gasteiger partial charge in [-0.05, 0) is 24.6 Å². The van der Waals surface area contributed by atoms with Crippen LogP contribution in [0.2, 0.25) is 0 Å². The highest BCUT2D eigenvalue weighted by molar-refractivity contribution is 6.02. The summed E-state index contributed by atoms with van der Waals surface area (Å²) in [4.78, 5) is 12.1. The zero-order chi connectivity index (χ0) is 12.8. The van der Waals surface area contributed by atoms with E-state index in [9.17, 15) is 4.79 Å². The summed E-state index contributed by atoms with van der Waals surface area (Å²) in [6, 6.07) is 4.64. The molecule has 1 atom stereocenters. The first kappa shape index (κ1) is 13.5. The van der Waals surface area contributed by atoms with E-state index in [1.807, 2.05) is 6.92 Å². The lowest BCUT2D eigenvalue weighted by molar-refractivity contribution is 0.0953. The second-order valence-electron chi connectivity index (χ2n) is 3.83. The van der Waals surface area contributed by atoms with Crippen LogP contribution in [0.4, 0.5) is 0 Å². The molecule has 4 nitrogen and oxygen atoms in total. The smallest absolute Gasteiger partial charge is 0.183 e. The number of nitrogens with two attached hydrogens (primary N) is 1. The molecule has 1 aromatic carbocycles. The lowest BCUT2D eigenvalue weighted by atomic mass is 10.0. The van der Waals surface area contributed by atoms with E-state index < -0.39 is 6.04 Å². The van der Waals surface area contributed by atoms with Gasteiger partial charge in [-0.1, -0.05) is 13.3 Å². The van der Waals surface area contributed by atoms with Crippen LogP contribution >= 0.6 is 0 Å². The maximum absolute atomic E-state index is 12.1. The maximum atomic E-state index is 12.1. The number of benzene rings is 1. The van der Waals surface area contributed by atoms with Crippen LogP contribution in [0.1, 0.15) is 30.1 Å². The number of ketones is 1. The van der Waals surface area contributed by atoms with Crippen molar-refractivity contribution in [3.8, 4) is 11.5 Å². The number of hydrogen-bond acceptors (Lipinski definition) is 4. The Morgan fingerprint density at radius 3 is 2.59 bits per heavy atom. The predicted molar refractivity (Wildman–Crippen MR) is 66.8 cm³/mol. The number of methoxy groups -OCH3 is 2. The Balaban J connectivity index is 3.05. The van der Waals surface area contributed by atoms with E-state index >= 15 is 0 Å². The van der Waals surface area contributed by atoms with Crippen molar-refractivity contribution in [1.82, 2.24) is 0 Å². The van der Waals surface area contributed by atoms with Crippen LogP contribution in [0.15, 0.2) is 18.2 Å². The van der Waals surface area contributed by atoms with Gasteiger partial charge in [-0.25, -0.2) is 0 Å². The van der Waals surface area contributed by atoms with E-state index in [0.717, 1.165) is 6.42 Å². The van der Waals surface area contributed by atoms with Crippen molar-refractivity contribution < 1.29 is 14.3 Å². The van der Waals surface area contributed by atoms with E-state index in [4.69, 9.17) is 15.2 Å². The zero-order valence-electron chi connectivity index (χ0n) is 10.5. The van der Waals surface area contributed by atoms with Crippen LogP contribution in [0, 0.1) is 0 Å². The van der Waals surface area contributed by atoms with Crippen LogP contribution in [0.3, 0.4) is 0 Å². The highest BCUT2D eigenvalue weighted by atomic mass is 16.5. The second kappa shape index (κ2) is 6.25. The van der Waals surface area contributed by atoms with Gasteiger partial charge in [-0.3, -0.25) is 4.79 Å². The average molecular weight is 237 g/mol. The first-order valence-corrected chi connectivity index (χ1v) is 5.65. The molecule has 0 aliphatic heterocycles. The van der Waals surface area contributed by atoms with Gasteiger partial charge in [0.1, 0.15) is 11.5 Å². The predicted octanol–water partition coefficient (Wildman–Crippen LogP) is 2.01. The van der Waals surface area contributed by atoms with Gasteiger partial charge in [0.15, 0.2) is 5.78 Å². The molecule has 0 spiro atoms. The standard InChI is InChI=1S/C13H19NO3/c1-4-5-11(14)13(15)10-8-9(16-2)6-7-12(10)17-3/h6-8,11H,4-5,14H2,1-3H3. The van der Waals surface area contributed by atoms with Crippen molar-refractivity contribution in [2.75, 3.05) is 14.2 Å². The monoisotopic (exact) mass is 237 g/mol. The molecule has 1 rings (SSSR count). The largest absolute Gasteiger partial charge is 0.497 e. The molecular formula is C13H19NO3. The van der Waals surface area contributed by atoms with Gasteiger partial charge in [-0.15, -0.1) is 0 Å². The minimum atomic E-state index is -0.485. The molecule has 2 N–H and O–H groups in total. The SMILES string of the molecule is CCCC(N)C(=O)c1cc(OC)ccc1OC. The molecule has 1 unspecified atom stereocenters. The summed E-state index contributed by atoms with van der Waals surface area (Å²) < 4.78 is 10.3. The molecule has 0 aliphatic rings. The van der Waals surface area contributed by atoms with Crippen LogP contribution < -0.4 is 15.2 Å². The zero-order valence-corrected chi connectivity index (χ0v) is 10.5. The Bertz CT molecular complexity index is 390. The third kappa shape index (κ3) is 3.20. The van der Waals surface area contributed by atoms with Crippen LogP contribution in [-0.2, 0) is 0 Å². The second-order valence-corrected chi connectivity index (χ2v) is 3.83. The fraction of sp³-hybridized carbons (Fsp3) is 0.462. The van der Waals surface area contributed by atoms with Gasteiger partial charge in [0, 0.05) is 0 Å². The summed E-state index contributed by atoms with van der Waals surface area (Å²) in [7, 11) is 3.09. The normalized spacial score (nSPS) is 12.0. The molecule has 1 aromatic rings. The molecule has 0 radical (unpaired) electrons. The number of hydrogen-bond donors (Lipinski definition) is 1. The maximum Gasteiger partial charge on any atom is 0.183 e. The fourth-order valence-electron chi connectivity index (χ4n) is 1.65. The molecule has 0 saturated heterocycles. The molecule has 0 saturated carbocycles. The number of ether oxygens (including phenoxy) is 2. The van der Waals surface area contributed by atoms with Crippen molar-refractivity contribution >= 4 is 5.78 Å². The lowest BCUT2D eigenvalue weighted by Gasteiger charge is -2.13. The van der Waals surface area contributed by atoms with E-state index in [0.29, 0.717) is 23.5 Å². The Kier molecular flexibility index (Phi) is 4.97. The van der Waals surface area contributed by atoms with Crippen LogP contribution in [0.5, 0.6) is 11.5 Å². The van der Waals surface area contributed by atoms with Crippen molar-refractivity contribution in [2.45, 2.75) is 25.8 Å². The molecule has 0 heterocycles. The Morgan fingerprint density at radius 1 is 1.35 bits per heavy atom. The topological polar surface area (TPSA) is 61.6 Å². The van der Waals surface area contributed by atoms with Crippen LogP contribution in [0.25, 0.3) is 0 Å². The Hall–Kier alpha value is -1.55. The van der Waals surface area contributed by atoms with Crippen molar-refractivity contribution in [3.63, 3.8) is 0 Å². The van der Waals surface area contributed by atoms with E-state index in [1.54, 1.807) is 25.3 Å². The molecule has 0 amide bonds. The van der Waals surface area contributed by atoms with Gasteiger partial charge >= 0.3 is 0 Å². The molecule has 0 bridgehead atoms. The molecule has 4 heteroatoms. The highest BCUT2D eigenvalue weighted by Crippen LogP contribution is 2.25. The van der Waals surface area contributed by atoms with Crippen molar-refractivity contribution in [2.24, 2.45) is 5.73 Å². The Labute approximate surface area is 102 Å². The number of carbonyl (C=O) groups is 1. The summed E-state index contributed by atoms with van der Waals surface area (Å²) in [6.45, 7) is 2.00. The van der Waals surface area contributed by atoms with Gasteiger partial charge in [-0.2, -0.15) is 0 Å². The summed E-state index contributed by atoms with van der Waals surface area (Å²) in [6.07, 6.45) is 1.54. The number of rotatable bonds is 6. The molecular weight excluding hydrogens is 218 g/mol. The lowest BCUT2D eigenvalue weighted by Crippen LogP contribution is -2.30.